The van der Waals surface area contributed by atoms with Gasteiger partial charge in [-0.05, 0) is 18.2 Å². The quantitative estimate of drug-likeness (QED) is 0.297. The van der Waals surface area contributed by atoms with Crippen LogP contribution in [0.5, 0.6) is 0 Å². The van der Waals surface area contributed by atoms with Gasteiger partial charge in [0.15, 0.2) is 0 Å². The zero-order valence-corrected chi connectivity index (χ0v) is 11.0. The number of nitrogens with two attached hydrogens (primary N) is 2. The van der Waals surface area contributed by atoms with Crippen molar-refractivity contribution in [1.82, 2.24) is 0 Å². The molecule has 0 heterocycles. The zero-order chi connectivity index (χ0) is 9.35. The van der Waals surface area contributed by atoms with Gasteiger partial charge in [-0.2, -0.15) is 0 Å². The first kappa shape index (κ1) is 13.4. The van der Waals surface area contributed by atoms with E-state index < -0.39 is 15.0 Å². The molecule has 13 heavy (non-hydrogen) atoms. The largest absolute Gasteiger partial charge is 1.00 e. The van der Waals surface area contributed by atoms with Crippen molar-refractivity contribution in [2.75, 3.05) is 11.5 Å². The monoisotopic (exact) mass is 226 g/mol. The van der Waals surface area contributed by atoms with Crippen LogP contribution in [0.1, 0.15) is 0 Å². The summed E-state index contributed by atoms with van der Waals surface area (Å²) in [6, 6.07) is 3.74. The Morgan fingerprint density at radius 1 is 1.23 bits per heavy atom. The Morgan fingerprint density at radius 3 is 2.15 bits per heavy atom. The fourth-order valence-corrected chi connectivity index (χ4v) is 1.40. The van der Waals surface area contributed by atoms with Gasteiger partial charge < -0.3 is 16.0 Å². The molecule has 0 radical (unpaired) electrons. The molecule has 4 N–H and O–H groups in total. The fraction of sp³-hybridized carbons (Fsp3) is 0. The van der Waals surface area contributed by atoms with E-state index in [-0.39, 0.29) is 62.8 Å². The summed E-state index contributed by atoms with van der Waals surface area (Å²) in [6.07, 6.45) is 0. The van der Waals surface area contributed by atoms with E-state index in [2.05, 4.69) is 0 Å². The Bertz CT molecular complexity index is 404. The summed E-state index contributed by atoms with van der Waals surface area (Å²) in [4.78, 5) is -0.470. The van der Waals surface area contributed by atoms with Crippen LogP contribution in [0.2, 0.25) is 0 Å². The third-order valence-corrected chi connectivity index (χ3v) is 2.20. The van der Waals surface area contributed by atoms with Crippen LogP contribution in [0.3, 0.4) is 0 Å². The third-order valence-electron chi connectivity index (χ3n) is 1.31. The van der Waals surface area contributed by atoms with Crippen molar-refractivity contribution in [3.63, 3.8) is 0 Å². The average molecular weight is 226 g/mol. The minimum atomic E-state index is -4.51. The average Bonchev–Trinajstić information content (AvgIpc) is 1.92. The van der Waals surface area contributed by atoms with Crippen molar-refractivity contribution in [1.29, 1.82) is 0 Å². The van der Waals surface area contributed by atoms with E-state index in [1.165, 1.54) is 12.1 Å². The van der Waals surface area contributed by atoms with Crippen LogP contribution >= 0.6 is 0 Å². The molecule has 0 fully saturated rings. The van der Waals surface area contributed by atoms with Gasteiger partial charge in [0.05, 0.1) is 4.90 Å². The molecule has 0 atom stereocenters. The van der Waals surface area contributed by atoms with Gasteiger partial charge >= 0.3 is 51.4 Å². The first-order chi connectivity index (χ1) is 5.41. The summed E-state index contributed by atoms with van der Waals surface area (Å²) in [5.74, 6) is 0. The van der Waals surface area contributed by atoms with Crippen LogP contribution in [0.25, 0.3) is 0 Å². The molecule has 66 valence electrons. The Morgan fingerprint density at radius 2 is 1.77 bits per heavy atom. The Labute approximate surface area is 119 Å². The van der Waals surface area contributed by atoms with Crippen LogP contribution in [0, 0.1) is 0 Å². The second kappa shape index (κ2) is 4.74. The van der Waals surface area contributed by atoms with E-state index in [0.717, 1.165) is 6.07 Å². The summed E-state index contributed by atoms with van der Waals surface area (Å²) in [5.41, 5.74) is 10.6. The van der Waals surface area contributed by atoms with Gasteiger partial charge in [0.1, 0.15) is 10.1 Å². The van der Waals surface area contributed by atoms with Crippen molar-refractivity contribution in [3.05, 3.63) is 18.2 Å². The van der Waals surface area contributed by atoms with Gasteiger partial charge in [-0.1, -0.05) is 0 Å². The second-order valence-electron chi connectivity index (χ2n) is 2.25. The molecule has 0 bridgehead atoms. The number of hydrogen-bond acceptors (Lipinski definition) is 5. The number of nitrogen functional groups attached to an aromatic ring is 2. The van der Waals surface area contributed by atoms with E-state index in [0.29, 0.717) is 0 Å². The summed E-state index contributed by atoms with van der Waals surface area (Å²) in [7, 11) is -4.51. The maximum atomic E-state index is 10.5. The van der Waals surface area contributed by atoms with E-state index in [4.69, 9.17) is 11.5 Å². The first-order valence-electron chi connectivity index (χ1n) is 3.02. The van der Waals surface area contributed by atoms with E-state index in [1.807, 2.05) is 0 Å². The maximum absolute atomic E-state index is 10.5. The molecule has 7 heteroatoms. The summed E-state index contributed by atoms with van der Waals surface area (Å²) in [5, 5.41) is 0. The Balaban J connectivity index is 0.00000144. The zero-order valence-electron chi connectivity index (χ0n) is 7.02. The van der Waals surface area contributed by atoms with Crippen LogP contribution in [-0.4, -0.2) is 13.0 Å². The van der Waals surface area contributed by atoms with E-state index in [9.17, 15) is 13.0 Å². The molecule has 1 aromatic rings. The van der Waals surface area contributed by atoms with Crippen LogP contribution < -0.4 is 62.9 Å². The molecule has 5 nitrogen and oxygen atoms in total. The molecule has 0 saturated heterocycles. The van der Waals surface area contributed by atoms with E-state index >= 15 is 0 Å². The van der Waals surface area contributed by atoms with Crippen molar-refractivity contribution >= 4 is 21.5 Å². The minimum absolute atomic E-state index is 0. The van der Waals surface area contributed by atoms with Gasteiger partial charge in [0.2, 0.25) is 0 Å². The van der Waals surface area contributed by atoms with Crippen LogP contribution in [-0.2, 0) is 10.1 Å². The predicted molar refractivity (Wildman–Crippen MR) is 43.2 cm³/mol. The smallest absolute Gasteiger partial charge is 0.744 e. The topological polar surface area (TPSA) is 109 Å². The van der Waals surface area contributed by atoms with Crippen molar-refractivity contribution < 1.29 is 64.4 Å². The maximum Gasteiger partial charge on any atom is 1.00 e. The van der Waals surface area contributed by atoms with Gasteiger partial charge in [0.25, 0.3) is 0 Å². The third kappa shape index (κ3) is 3.54. The Kier molecular flexibility index (Phi) is 4.87. The number of benzene rings is 1. The number of rotatable bonds is 1. The first-order valence-corrected chi connectivity index (χ1v) is 4.43. The van der Waals surface area contributed by atoms with Gasteiger partial charge in [-0.15, -0.1) is 0 Å². The molecule has 0 aromatic heterocycles. The molecule has 0 aliphatic rings. The molecule has 0 saturated carbocycles. The van der Waals surface area contributed by atoms with Gasteiger partial charge in [-0.3, -0.25) is 0 Å². The van der Waals surface area contributed by atoms with Crippen LogP contribution in [0.4, 0.5) is 11.4 Å². The number of hydrogen-bond donors (Lipinski definition) is 2. The number of anilines is 2. The fourth-order valence-electron chi connectivity index (χ4n) is 0.767. The minimum Gasteiger partial charge on any atom is -0.744 e. The van der Waals surface area contributed by atoms with E-state index in [1.54, 1.807) is 0 Å². The molecular formula is C6H7KN2O3S. The summed E-state index contributed by atoms with van der Waals surface area (Å²) < 4.78 is 31.5. The van der Waals surface area contributed by atoms with Crippen LogP contribution in [0.15, 0.2) is 23.1 Å². The summed E-state index contributed by atoms with van der Waals surface area (Å²) >= 11 is 0. The molecule has 0 spiro atoms. The molecule has 1 aromatic carbocycles. The standard InChI is InChI=1S/C6H8N2O3S.K/c7-4-1-2-5(8)6(3-4)12(9,10)11;/h1-3H,7-8H2,(H,9,10,11);/q;+1/p-1. The van der Waals surface area contributed by atoms with Crippen molar-refractivity contribution in [2.45, 2.75) is 4.90 Å². The SMILES string of the molecule is Nc1ccc(N)c(S(=O)(=O)[O-])c1.[K+]. The molecule has 0 amide bonds. The summed E-state index contributed by atoms with van der Waals surface area (Å²) in [6.45, 7) is 0. The molecule has 0 unspecified atom stereocenters. The van der Waals surface area contributed by atoms with Gasteiger partial charge in [-0.25, -0.2) is 8.42 Å². The Hall–Kier alpha value is 0.366. The molecule has 0 aliphatic heterocycles. The molecule has 0 aliphatic carbocycles. The van der Waals surface area contributed by atoms with Crippen molar-refractivity contribution in [2.24, 2.45) is 0 Å². The van der Waals surface area contributed by atoms with Gasteiger partial charge in [0, 0.05) is 11.4 Å². The molecule has 1 rings (SSSR count). The van der Waals surface area contributed by atoms with Crippen molar-refractivity contribution in [3.8, 4) is 0 Å². The normalized spacial score (nSPS) is 10.5. The second-order valence-corrected chi connectivity index (χ2v) is 3.60. The molecular weight excluding hydrogens is 219 g/mol. The predicted octanol–water partition coefficient (Wildman–Crippen LogP) is -3.24.